The van der Waals surface area contributed by atoms with Crippen LogP contribution in [0.3, 0.4) is 0 Å². The number of ether oxygens (including phenoxy) is 1. The number of hydrogen-bond donors (Lipinski definition) is 1. The van der Waals surface area contributed by atoms with E-state index in [4.69, 9.17) is 4.74 Å². The lowest BCUT2D eigenvalue weighted by Crippen LogP contribution is -2.19. The minimum atomic E-state index is 0.774. The van der Waals surface area contributed by atoms with Gasteiger partial charge in [0.05, 0.1) is 6.61 Å². The summed E-state index contributed by atoms with van der Waals surface area (Å²) >= 11 is 0. The monoisotopic (exact) mass is 158 g/mol. The van der Waals surface area contributed by atoms with Gasteiger partial charge in [0.15, 0.2) is 0 Å². The molecule has 1 N–H and O–H groups in total. The molecule has 0 amide bonds. The van der Waals surface area contributed by atoms with E-state index in [1.807, 2.05) is 25.2 Å². The predicted octanol–water partition coefficient (Wildman–Crippen LogP) is 0.298. The van der Waals surface area contributed by atoms with Crippen molar-refractivity contribution in [2.24, 2.45) is 0 Å². The molecule has 0 aliphatic heterocycles. The van der Waals surface area contributed by atoms with Crippen molar-refractivity contribution in [2.75, 3.05) is 40.9 Å². The molecule has 0 bridgehead atoms. The van der Waals surface area contributed by atoms with Gasteiger partial charge in [-0.2, -0.15) is 0 Å². The summed E-state index contributed by atoms with van der Waals surface area (Å²) < 4.78 is 4.87. The van der Waals surface area contributed by atoms with Crippen LogP contribution < -0.4 is 5.32 Å². The lowest BCUT2D eigenvalue weighted by atomic mass is 10.5. The molecule has 0 aliphatic rings. The largest absolute Gasteiger partial charge is 0.384 e. The van der Waals surface area contributed by atoms with Gasteiger partial charge in [-0.1, -0.05) is 6.08 Å². The van der Waals surface area contributed by atoms with Crippen LogP contribution >= 0.6 is 0 Å². The molecule has 66 valence electrons. The summed E-state index contributed by atoms with van der Waals surface area (Å²) in [5, 5.41) is 3.20. The molecule has 3 heteroatoms. The fourth-order valence-corrected chi connectivity index (χ4v) is 0.623. The summed E-state index contributed by atoms with van der Waals surface area (Å²) in [5.74, 6) is 0. The average molecular weight is 158 g/mol. The van der Waals surface area contributed by atoms with Crippen molar-refractivity contribution >= 4 is 0 Å². The fourth-order valence-electron chi connectivity index (χ4n) is 0.623. The second kappa shape index (κ2) is 7.57. The Morgan fingerprint density at radius 1 is 1.45 bits per heavy atom. The summed E-state index contributed by atoms with van der Waals surface area (Å²) in [4.78, 5) is 2.01. The Morgan fingerprint density at radius 2 is 2.18 bits per heavy atom. The molecule has 0 saturated carbocycles. The van der Waals surface area contributed by atoms with E-state index in [-0.39, 0.29) is 0 Å². The lowest BCUT2D eigenvalue weighted by molar-refractivity contribution is 0.200. The SMILES string of the molecule is COCCNCC=CN(C)C. The maximum atomic E-state index is 4.87. The highest BCUT2D eigenvalue weighted by atomic mass is 16.5. The van der Waals surface area contributed by atoms with Crippen LogP contribution in [-0.2, 0) is 4.74 Å². The smallest absolute Gasteiger partial charge is 0.0587 e. The first-order valence-electron chi connectivity index (χ1n) is 3.80. The number of rotatable bonds is 6. The molecule has 11 heavy (non-hydrogen) atoms. The van der Waals surface area contributed by atoms with E-state index < -0.39 is 0 Å². The van der Waals surface area contributed by atoms with Crippen LogP contribution in [0.15, 0.2) is 12.3 Å². The van der Waals surface area contributed by atoms with Crippen molar-refractivity contribution in [2.45, 2.75) is 0 Å². The number of nitrogens with one attached hydrogen (secondary N) is 1. The minimum absolute atomic E-state index is 0.774. The molecular formula is C8H18N2O. The van der Waals surface area contributed by atoms with Crippen LogP contribution in [0.5, 0.6) is 0 Å². The first kappa shape index (κ1) is 10.5. The van der Waals surface area contributed by atoms with Gasteiger partial charge in [0, 0.05) is 34.3 Å². The van der Waals surface area contributed by atoms with Gasteiger partial charge in [-0.3, -0.25) is 0 Å². The molecule has 0 rings (SSSR count). The third-order valence-corrected chi connectivity index (χ3v) is 1.15. The molecule has 0 aromatic heterocycles. The second-order valence-electron chi connectivity index (χ2n) is 2.55. The Bertz CT molecular complexity index is 102. The molecule has 0 aromatic rings. The second-order valence-corrected chi connectivity index (χ2v) is 2.55. The van der Waals surface area contributed by atoms with E-state index in [1.165, 1.54) is 0 Å². The van der Waals surface area contributed by atoms with Crippen molar-refractivity contribution in [1.82, 2.24) is 10.2 Å². The normalized spacial score (nSPS) is 10.8. The van der Waals surface area contributed by atoms with Crippen LogP contribution in [0.2, 0.25) is 0 Å². The summed E-state index contributed by atoms with van der Waals surface area (Å²) in [6.07, 6.45) is 4.11. The highest BCUT2D eigenvalue weighted by Crippen LogP contribution is 1.75. The topological polar surface area (TPSA) is 24.5 Å². The predicted molar refractivity (Wildman–Crippen MR) is 47.6 cm³/mol. The lowest BCUT2D eigenvalue weighted by Gasteiger charge is -2.03. The van der Waals surface area contributed by atoms with Crippen molar-refractivity contribution in [3.8, 4) is 0 Å². The minimum Gasteiger partial charge on any atom is -0.384 e. The molecule has 0 aliphatic carbocycles. The van der Waals surface area contributed by atoms with Crippen LogP contribution in [0.4, 0.5) is 0 Å². The summed E-state index contributed by atoms with van der Waals surface area (Å²) in [5.41, 5.74) is 0. The van der Waals surface area contributed by atoms with Crippen LogP contribution in [0.1, 0.15) is 0 Å². The highest BCUT2D eigenvalue weighted by Gasteiger charge is 1.81. The zero-order valence-electron chi connectivity index (χ0n) is 7.63. The molecule has 3 nitrogen and oxygen atoms in total. The maximum Gasteiger partial charge on any atom is 0.0587 e. The molecule has 0 heterocycles. The Balaban J connectivity index is 3.01. The van der Waals surface area contributed by atoms with Gasteiger partial charge in [0.25, 0.3) is 0 Å². The van der Waals surface area contributed by atoms with Gasteiger partial charge in [0.2, 0.25) is 0 Å². The van der Waals surface area contributed by atoms with Gasteiger partial charge in [-0.25, -0.2) is 0 Å². The molecule has 0 fully saturated rings. The van der Waals surface area contributed by atoms with Crippen molar-refractivity contribution < 1.29 is 4.74 Å². The van der Waals surface area contributed by atoms with E-state index in [1.54, 1.807) is 7.11 Å². The molecule has 0 spiro atoms. The van der Waals surface area contributed by atoms with E-state index in [0.717, 1.165) is 19.7 Å². The molecular weight excluding hydrogens is 140 g/mol. The zero-order valence-corrected chi connectivity index (χ0v) is 7.63. The van der Waals surface area contributed by atoms with E-state index in [0.29, 0.717) is 0 Å². The van der Waals surface area contributed by atoms with E-state index >= 15 is 0 Å². The van der Waals surface area contributed by atoms with Gasteiger partial charge in [0.1, 0.15) is 0 Å². The number of hydrogen-bond acceptors (Lipinski definition) is 3. The fraction of sp³-hybridized carbons (Fsp3) is 0.750. The Morgan fingerprint density at radius 3 is 2.73 bits per heavy atom. The zero-order chi connectivity index (χ0) is 8.53. The third kappa shape index (κ3) is 9.46. The van der Waals surface area contributed by atoms with Crippen LogP contribution in [0, 0.1) is 0 Å². The van der Waals surface area contributed by atoms with Gasteiger partial charge >= 0.3 is 0 Å². The number of methoxy groups -OCH3 is 1. The third-order valence-electron chi connectivity index (χ3n) is 1.15. The van der Waals surface area contributed by atoms with Crippen molar-refractivity contribution in [1.29, 1.82) is 0 Å². The van der Waals surface area contributed by atoms with Crippen molar-refractivity contribution in [3.63, 3.8) is 0 Å². The van der Waals surface area contributed by atoms with Crippen LogP contribution in [0.25, 0.3) is 0 Å². The Labute approximate surface area is 69.0 Å². The number of nitrogens with zero attached hydrogens (tertiary/aromatic N) is 1. The average Bonchev–Trinajstić information content (AvgIpc) is 1.96. The molecule has 0 saturated heterocycles. The van der Waals surface area contributed by atoms with E-state index in [2.05, 4.69) is 11.4 Å². The summed E-state index contributed by atoms with van der Waals surface area (Å²) in [6.45, 7) is 2.59. The summed E-state index contributed by atoms with van der Waals surface area (Å²) in [7, 11) is 5.72. The van der Waals surface area contributed by atoms with Crippen molar-refractivity contribution in [3.05, 3.63) is 12.3 Å². The van der Waals surface area contributed by atoms with Gasteiger partial charge in [-0.05, 0) is 6.20 Å². The quantitative estimate of drug-likeness (QED) is 0.563. The van der Waals surface area contributed by atoms with Gasteiger partial charge in [-0.15, -0.1) is 0 Å². The molecule has 0 radical (unpaired) electrons. The van der Waals surface area contributed by atoms with Crippen LogP contribution in [-0.4, -0.2) is 45.8 Å². The standard InChI is InChI=1S/C8H18N2O/c1-10(2)7-4-5-9-6-8-11-3/h4,7,9H,5-6,8H2,1-3H3. The van der Waals surface area contributed by atoms with E-state index in [9.17, 15) is 0 Å². The first-order chi connectivity index (χ1) is 5.27. The Kier molecular flexibility index (Phi) is 7.19. The Hall–Kier alpha value is -0.540. The maximum absolute atomic E-state index is 4.87. The highest BCUT2D eigenvalue weighted by molar-refractivity contribution is 4.81. The molecule has 0 unspecified atom stereocenters. The first-order valence-corrected chi connectivity index (χ1v) is 3.80. The molecule has 0 atom stereocenters. The molecule has 0 aromatic carbocycles. The summed E-state index contributed by atoms with van der Waals surface area (Å²) in [6, 6.07) is 0. The van der Waals surface area contributed by atoms with Gasteiger partial charge < -0.3 is 15.0 Å².